The lowest BCUT2D eigenvalue weighted by atomic mass is 10.1. The Morgan fingerprint density at radius 2 is 1.85 bits per heavy atom. The molecule has 102 valence electrons. The monoisotopic (exact) mass is 292 g/mol. The first-order valence-electron chi connectivity index (χ1n) is 5.50. The van der Waals surface area contributed by atoms with Crippen LogP contribution in [-0.4, -0.2) is 10.8 Å². The number of ether oxygens (including phenoxy) is 1. The van der Waals surface area contributed by atoms with Crippen molar-refractivity contribution in [3.63, 3.8) is 0 Å². The summed E-state index contributed by atoms with van der Waals surface area (Å²) in [5, 5.41) is 10.7. The van der Waals surface area contributed by atoms with Crippen molar-refractivity contribution in [1.29, 1.82) is 0 Å². The number of nitro benzene ring substituents is 1. The molecule has 0 spiro atoms. The van der Waals surface area contributed by atoms with Crippen molar-refractivity contribution < 1.29 is 14.5 Å². The van der Waals surface area contributed by atoms with Crippen LogP contribution in [0.25, 0.3) is 0 Å². The molecule has 0 aliphatic rings. The minimum atomic E-state index is -0.986. The molecule has 0 bridgehead atoms. The fourth-order valence-electron chi connectivity index (χ4n) is 1.63. The van der Waals surface area contributed by atoms with Gasteiger partial charge in [-0.05, 0) is 18.2 Å². The number of nitro groups is 1. The van der Waals surface area contributed by atoms with Crippen LogP contribution in [0.3, 0.4) is 0 Å². The van der Waals surface area contributed by atoms with E-state index in [2.05, 4.69) is 0 Å². The van der Waals surface area contributed by atoms with Crippen LogP contribution in [-0.2, 0) is 0 Å². The summed E-state index contributed by atoms with van der Waals surface area (Å²) in [4.78, 5) is 21.5. The van der Waals surface area contributed by atoms with E-state index in [0.717, 1.165) is 6.07 Å². The molecule has 0 unspecified atom stereocenters. The Hall–Kier alpha value is -2.60. The van der Waals surface area contributed by atoms with Crippen molar-refractivity contribution in [2.45, 2.75) is 0 Å². The van der Waals surface area contributed by atoms with E-state index in [4.69, 9.17) is 22.1 Å². The van der Waals surface area contributed by atoms with E-state index in [1.54, 1.807) is 30.3 Å². The van der Waals surface area contributed by atoms with Gasteiger partial charge in [0.15, 0.2) is 0 Å². The topological polar surface area (TPSA) is 95.5 Å². The highest BCUT2D eigenvalue weighted by molar-refractivity contribution is 6.35. The first-order chi connectivity index (χ1) is 9.50. The molecule has 2 N–H and O–H groups in total. The lowest BCUT2D eigenvalue weighted by Gasteiger charge is -2.09. The third kappa shape index (κ3) is 2.70. The first-order valence-corrected chi connectivity index (χ1v) is 5.88. The molecule has 0 atom stereocenters. The standard InChI is InChI=1S/C13H9ClN2O4/c14-12-10(20-8-4-2-1-3-5-8)7-6-9(16(18)19)11(12)13(15)17/h1-7H,(H2,15,17). The molecule has 0 aliphatic heterocycles. The summed E-state index contributed by atoms with van der Waals surface area (Å²) in [7, 11) is 0. The highest BCUT2D eigenvalue weighted by Gasteiger charge is 2.24. The van der Waals surface area contributed by atoms with Gasteiger partial charge in [0, 0.05) is 6.07 Å². The van der Waals surface area contributed by atoms with Gasteiger partial charge in [-0.3, -0.25) is 14.9 Å². The minimum Gasteiger partial charge on any atom is -0.456 e. The fraction of sp³-hybridized carbons (Fsp3) is 0. The van der Waals surface area contributed by atoms with Crippen molar-refractivity contribution >= 4 is 23.2 Å². The Balaban J connectivity index is 2.49. The van der Waals surface area contributed by atoms with Gasteiger partial charge in [0.1, 0.15) is 22.1 Å². The Morgan fingerprint density at radius 3 is 2.40 bits per heavy atom. The lowest BCUT2D eigenvalue weighted by Crippen LogP contribution is -2.14. The fourth-order valence-corrected chi connectivity index (χ4v) is 1.92. The number of nitrogens with zero attached hydrogens (tertiary/aromatic N) is 1. The summed E-state index contributed by atoms with van der Waals surface area (Å²) in [6.07, 6.45) is 0. The molecular weight excluding hydrogens is 284 g/mol. The van der Waals surface area contributed by atoms with Gasteiger partial charge in [-0.25, -0.2) is 0 Å². The molecule has 6 nitrogen and oxygen atoms in total. The van der Waals surface area contributed by atoms with Gasteiger partial charge in [0.2, 0.25) is 0 Å². The van der Waals surface area contributed by atoms with Gasteiger partial charge >= 0.3 is 0 Å². The largest absolute Gasteiger partial charge is 0.456 e. The van der Waals surface area contributed by atoms with Gasteiger partial charge in [-0.1, -0.05) is 29.8 Å². The number of para-hydroxylation sites is 1. The number of carbonyl (C=O) groups is 1. The molecule has 0 saturated carbocycles. The molecule has 0 fully saturated rings. The zero-order valence-electron chi connectivity index (χ0n) is 10.1. The molecule has 0 heterocycles. The van der Waals surface area contributed by atoms with Crippen LogP contribution in [0.1, 0.15) is 10.4 Å². The molecule has 20 heavy (non-hydrogen) atoms. The van der Waals surface area contributed by atoms with Gasteiger partial charge in [-0.2, -0.15) is 0 Å². The van der Waals surface area contributed by atoms with Crippen LogP contribution >= 0.6 is 11.6 Å². The van der Waals surface area contributed by atoms with E-state index in [1.165, 1.54) is 6.07 Å². The van der Waals surface area contributed by atoms with E-state index in [1.807, 2.05) is 0 Å². The summed E-state index contributed by atoms with van der Waals surface area (Å²) in [5.74, 6) is -0.379. The average Bonchev–Trinajstić information content (AvgIpc) is 2.41. The maximum atomic E-state index is 11.3. The van der Waals surface area contributed by atoms with Gasteiger partial charge in [0.05, 0.1) is 4.92 Å². The number of benzene rings is 2. The van der Waals surface area contributed by atoms with Crippen molar-refractivity contribution in [3.8, 4) is 11.5 Å². The molecule has 2 aromatic rings. The number of primary amides is 1. The predicted molar refractivity (Wildman–Crippen MR) is 73.1 cm³/mol. The van der Waals surface area contributed by atoms with Gasteiger partial charge < -0.3 is 10.5 Å². The van der Waals surface area contributed by atoms with Crippen LogP contribution in [0.5, 0.6) is 11.5 Å². The second-order valence-corrected chi connectivity index (χ2v) is 4.19. The molecule has 0 radical (unpaired) electrons. The molecule has 2 rings (SSSR count). The van der Waals surface area contributed by atoms with Crippen molar-refractivity contribution in [2.24, 2.45) is 5.73 Å². The van der Waals surface area contributed by atoms with Crippen molar-refractivity contribution in [1.82, 2.24) is 0 Å². The molecular formula is C13H9ClN2O4. The Labute approximate surface area is 118 Å². The number of rotatable bonds is 4. The van der Waals surface area contributed by atoms with E-state index in [9.17, 15) is 14.9 Å². The Morgan fingerprint density at radius 1 is 1.20 bits per heavy atom. The normalized spacial score (nSPS) is 10.1. The number of halogens is 1. The second-order valence-electron chi connectivity index (χ2n) is 3.81. The molecule has 0 saturated heterocycles. The lowest BCUT2D eigenvalue weighted by molar-refractivity contribution is -0.385. The SMILES string of the molecule is NC(=O)c1c([N+](=O)[O-])ccc(Oc2ccccc2)c1Cl. The quantitative estimate of drug-likeness (QED) is 0.691. The van der Waals surface area contributed by atoms with Crippen LogP contribution in [0.15, 0.2) is 42.5 Å². The number of nitrogens with two attached hydrogens (primary N) is 1. The third-order valence-corrected chi connectivity index (χ3v) is 2.87. The number of hydrogen-bond acceptors (Lipinski definition) is 4. The van der Waals surface area contributed by atoms with E-state index in [-0.39, 0.29) is 16.3 Å². The molecule has 0 aromatic heterocycles. The summed E-state index contributed by atoms with van der Waals surface area (Å²) in [6.45, 7) is 0. The van der Waals surface area contributed by atoms with Crippen molar-refractivity contribution in [2.75, 3.05) is 0 Å². The third-order valence-electron chi connectivity index (χ3n) is 2.50. The Bertz CT molecular complexity index is 674. The maximum Gasteiger partial charge on any atom is 0.283 e. The van der Waals surface area contributed by atoms with Crippen LogP contribution in [0.2, 0.25) is 5.02 Å². The van der Waals surface area contributed by atoms with Crippen molar-refractivity contribution in [3.05, 3.63) is 63.2 Å². The Kier molecular flexibility index (Phi) is 3.86. The highest BCUT2D eigenvalue weighted by Crippen LogP contribution is 2.36. The highest BCUT2D eigenvalue weighted by atomic mass is 35.5. The number of hydrogen-bond donors (Lipinski definition) is 1. The van der Waals surface area contributed by atoms with E-state index >= 15 is 0 Å². The number of carbonyl (C=O) groups excluding carboxylic acids is 1. The van der Waals surface area contributed by atoms with Crippen LogP contribution in [0.4, 0.5) is 5.69 Å². The molecule has 0 aliphatic carbocycles. The second kappa shape index (κ2) is 5.58. The zero-order chi connectivity index (χ0) is 14.7. The van der Waals surface area contributed by atoms with Gasteiger partial charge in [0.25, 0.3) is 11.6 Å². The van der Waals surface area contributed by atoms with E-state index < -0.39 is 16.5 Å². The smallest absolute Gasteiger partial charge is 0.283 e. The maximum absolute atomic E-state index is 11.3. The van der Waals surface area contributed by atoms with Crippen LogP contribution in [0, 0.1) is 10.1 Å². The van der Waals surface area contributed by atoms with Crippen LogP contribution < -0.4 is 10.5 Å². The van der Waals surface area contributed by atoms with E-state index in [0.29, 0.717) is 5.75 Å². The summed E-state index contributed by atoms with van der Waals surface area (Å²) in [6, 6.07) is 11.1. The van der Waals surface area contributed by atoms with Gasteiger partial charge in [-0.15, -0.1) is 0 Å². The zero-order valence-corrected chi connectivity index (χ0v) is 10.8. The average molecular weight is 293 g/mol. The molecule has 1 amide bonds. The molecule has 2 aromatic carbocycles. The molecule has 7 heteroatoms. The summed E-state index contributed by atoms with van der Waals surface area (Å²) >= 11 is 5.97. The first kappa shape index (κ1) is 13.8. The summed E-state index contributed by atoms with van der Waals surface area (Å²) < 4.78 is 5.47. The predicted octanol–water partition coefficient (Wildman–Crippen LogP) is 3.14. The number of amides is 1. The summed E-state index contributed by atoms with van der Waals surface area (Å²) in [5.41, 5.74) is 4.31. The minimum absolute atomic E-state index is 0.122.